The fourth-order valence-electron chi connectivity index (χ4n) is 4.51. The molecule has 1 saturated heterocycles. The first-order valence-electron chi connectivity index (χ1n) is 11.6. The number of ether oxygens (including phenoxy) is 1. The van der Waals surface area contributed by atoms with E-state index in [1.807, 2.05) is 30.5 Å². The van der Waals surface area contributed by atoms with Crippen LogP contribution in [0.1, 0.15) is 17.4 Å². The van der Waals surface area contributed by atoms with Crippen molar-refractivity contribution in [2.24, 2.45) is 0 Å². The molecule has 1 fully saturated rings. The zero-order valence-corrected chi connectivity index (χ0v) is 21.0. The number of nitrogens with one attached hydrogen (secondary N) is 1. The van der Waals surface area contributed by atoms with Gasteiger partial charge >= 0.3 is 0 Å². The molecule has 3 aromatic carbocycles. The average Bonchev–Trinajstić information content (AvgIpc) is 3.62. The van der Waals surface area contributed by atoms with Gasteiger partial charge in [0.2, 0.25) is 0 Å². The van der Waals surface area contributed by atoms with E-state index in [9.17, 15) is 13.6 Å². The maximum absolute atomic E-state index is 14.7. The Morgan fingerprint density at radius 2 is 1.86 bits per heavy atom. The van der Waals surface area contributed by atoms with Crippen molar-refractivity contribution in [3.63, 3.8) is 0 Å². The van der Waals surface area contributed by atoms with Crippen LogP contribution in [0.5, 0.6) is 0 Å². The first-order chi connectivity index (χ1) is 18.0. The van der Waals surface area contributed by atoms with Crippen LogP contribution in [0.15, 0.2) is 77.7 Å². The van der Waals surface area contributed by atoms with Gasteiger partial charge in [0.05, 0.1) is 23.0 Å². The molecule has 6 rings (SSSR count). The van der Waals surface area contributed by atoms with E-state index in [4.69, 9.17) is 9.84 Å². The largest absolute Gasteiger partial charge is 0.345 e. The predicted octanol–water partition coefficient (Wildman–Crippen LogP) is 5.56. The van der Waals surface area contributed by atoms with Crippen molar-refractivity contribution in [1.82, 2.24) is 24.6 Å². The van der Waals surface area contributed by atoms with Gasteiger partial charge in [0.15, 0.2) is 6.23 Å². The Labute approximate surface area is 218 Å². The Morgan fingerprint density at radius 1 is 1.08 bits per heavy atom. The number of H-pyrrole nitrogens is 1. The molecule has 1 aliphatic rings. The predicted molar refractivity (Wildman–Crippen MR) is 137 cm³/mol. The van der Waals surface area contributed by atoms with Crippen molar-refractivity contribution >= 4 is 32.9 Å². The van der Waals surface area contributed by atoms with Gasteiger partial charge in [-0.05, 0) is 66.6 Å². The quantitative estimate of drug-likeness (QED) is 0.293. The maximum atomic E-state index is 14.7. The third-order valence-electron chi connectivity index (χ3n) is 6.40. The van der Waals surface area contributed by atoms with Crippen molar-refractivity contribution in [1.29, 1.82) is 0 Å². The highest BCUT2D eigenvalue weighted by Gasteiger charge is 2.36. The SMILES string of the molecule is O=C1COC(c2cn(-c3ccc(Br)cc3)nc2-c2ccc(F)cc2)N1CCc1cc2[nH]cnc2cc1F. The number of aromatic amines is 1. The van der Waals surface area contributed by atoms with Gasteiger partial charge < -0.3 is 14.6 Å². The van der Waals surface area contributed by atoms with Crippen molar-refractivity contribution in [2.45, 2.75) is 12.6 Å². The van der Waals surface area contributed by atoms with Crippen LogP contribution in [0.2, 0.25) is 0 Å². The minimum atomic E-state index is -0.726. The molecule has 0 radical (unpaired) electrons. The lowest BCUT2D eigenvalue weighted by Gasteiger charge is -2.23. The van der Waals surface area contributed by atoms with Crippen LogP contribution in [0, 0.1) is 11.6 Å². The molecule has 0 spiro atoms. The summed E-state index contributed by atoms with van der Waals surface area (Å²) in [6, 6.07) is 16.7. The lowest BCUT2D eigenvalue weighted by Crippen LogP contribution is -2.31. The summed E-state index contributed by atoms with van der Waals surface area (Å²) in [6.07, 6.45) is 2.90. The second-order valence-corrected chi connectivity index (χ2v) is 9.64. The summed E-state index contributed by atoms with van der Waals surface area (Å²) in [7, 11) is 0. The Bertz CT molecular complexity index is 1600. The average molecular weight is 564 g/mol. The van der Waals surface area contributed by atoms with E-state index in [2.05, 4.69) is 25.9 Å². The van der Waals surface area contributed by atoms with Gasteiger partial charge in [0.1, 0.15) is 23.9 Å². The number of carbonyl (C=O) groups excluding carboxylic acids is 1. The van der Waals surface area contributed by atoms with E-state index in [-0.39, 0.29) is 30.7 Å². The number of fused-ring (bicyclic) bond motifs is 1. The van der Waals surface area contributed by atoms with Crippen LogP contribution in [-0.2, 0) is 16.0 Å². The first kappa shape index (κ1) is 23.5. The molecule has 1 unspecified atom stereocenters. The molecule has 37 heavy (non-hydrogen) atoms. The fourth-order valence-corrected chi connectivity index (χ4v) is 4.78. The second kappa shape index (κ2) is 9.53. The Balaban J connectivity index is 1.35. The lowest BCUT2D eigenvalue weighted by molar-refractivity contribution is -0.128. The van der Waals surface area contributed by atoms with Gasteiger partial charge in [-0.15, -0.1) is 0 Å². The summed E-state index contributed by atoms with van der Waals surface area (Å²) >= 11 is 3.44. The molecule has 1 N–H and O–H groups in total. The Kier molecular flexibility index (Phi) is 6.05. The van der Waals surface area contributed by atoms with Crippen LogP contribution in [0.4, 0.5) is 8.78 Å². The second-order valence-electron chi connectivity index (χ2n) is 8.72. The number of hydrogen-bond donors (Lipinski definition) is 1. The van der Waals surface area contributed by atoms with E-state index in [0.717, 1.165) is 15.7 Å². The molecule has 10 heteroatoms. The zero-order chi connectivity index (χ0) is 25.5. The molecule has 1 amide bonds. The van der Waals surface area contributed by atoms with E-state index < -0.39 is 6.23 Å². The normalized spacial score (nSPS) is 15.7. The third-order valence-corrected chi connectivity index (χ3v) is 6.92. The Morgan fingerprint density at radius 3 is 2.65 bits per heavy atom. The molecule has 3 heterocycles. The number of carbonyl (C=O) groups is 1. The van der Waals surface area contributed by atoms with E-state index in [0.29, 0.717) is 34.3 Å². The molecular weight excluding hydrogens is 544 g/mol. The zero-order valence-electron chi connectivity index (χ0n) is 19.4. The van der Waals surface area contributed by atoms with Gasteiger partial charge in [-0.2, -0.15) is 5.10 Å². The molecule has 186 valence electrons. The fraction of sp³-hybridized carbons (Fsp3) is 0.148. The number of benzene rings is 3. The summed E-state index contributed by atoms with van der Waals surface area (Å²) in [5.41, 5.74) is 4.46. The van der Waals surface area contributed by atoms with Crippen LogP contribution >= 0.6 is 15.9 Å². The van der Waals surface area contributed by atoms with Crippen LogP contribution in [-0.4, -0.2) is 43.7 Å². The van der Waals surface area contributed by atoms with Crippen molar-refractivity contribution < 1.29 is 18.3 Å². The highest BCUT2D eigenvalue weighted by Crippen LogP contribution is 2.35. The number of halogens is 3. The topological polar surface area (TPSA) is 76.0 Å². The summed E-state index contributed by atoms with van der Waals surface area (Å²) in [5, 5.41) is 4.76. The van der Waals surface area contributed by atoms with Crippen molar-refractivity contribution in [2.75, 3.05) is 13.2 Å². The molecule has 0 aliphatic carbocycles. The first-order valence-corrected chi connectivity index (χ1v) is 12.4. The molecule has 2 aromatic heterocycles. The number of amides is 1. The third kappa shape index (κ3) is 4.54. The monoisotopic (exact) mass is 563 g/mol. The van der Waals surface area contributed by atoms with Crippen molar-refractivity contribution in [3.05, 3.63) is 100 Å². The van der Waals surface area contributed by atoms with E-state index in [1.54, 1.807) is 27.8 Å². The van der Waals surface area contributed by atoms with Crippen molar-refractivity contribution in [3.8, 4) is 16.9 Å². The van der Waals surface area contributed by atoms with Crippen LogP contribution in [0.3, 0.4) is 0 Å². The van der Waals surface area contributed by atoms with Gasteiger partial charge in [-0.1, -0.05) is 15.9 Å². The molecular formula is C27H20BrF2N5O2. The van der Waals surface area contributed by atoms with E-state index >= 15 is 0 Å². The summed E-state index contributed by atoms with van der Waals surface area (Å²) in [6.45, 7) is 0.144. The molecule has 0 bridgehead atoms. The highest BCUT2D eigenvalue weighted by molar-refractivity contribution is 9.10. The highest BCUT2D eigenvalue weighted by atomic mass is 79.9. The molecule has 1 aliphatic heterocycles. The number of aromatic nitrogens is 4. The number of rotatable bonds is 6. The number of imidazole rings is 1. The van der Waals surface area contributed by atoms with Gasteiger partial charge in [0, 0.05) is 34.4 Å². The molecule has 1 atom stereocenters. The summed E-state index contributed by atoms with van der Waals surface area (Å²) in [5.74, 6) is -0.934. The molecule has 5 aromatic rings. The molecule has 7 nitrogen and oxygen atoms in total. The minimum absolute atomic E-state index is 0.0982. The van der Waals surface area contributed by atoms with Gasteiger partial charge in [-0.25, -0.2) is 18.4 Å². The van der Waals surface area contributed by atoms with Gasteiger partial charge in [-0.3, -0.25) is 4.79 Å². The number of nitrogens with zero attached hydrogens (tertiary/aromatic N) is 4. The Hall–Kier alpha value is -3.89. The molecule has 0 saturated carbocycles. The number of hydrogen-bond acceptors (Lipinski definition) is 4. The maximum Gasteiger partial charge on any atom is 0.250 e. The van der Waals surface area contributed by atoms with E-state index in [1.165, 1.54) is 24.5 Å². The summed E-state index contributed by atoms with van der Waals surface area (Å²) in [4.78, 5) is 21.5. The minimum Gasteiger partial charge on any atom is -0.345 e. The summed E-state index contributed by atoms with van der Waals surface area (Å²) < 4.78 is 36.9. The lowest BCUT2D eigenvalue weighted by atomic mass is 10.1. The van der Waals surface area contributed by atoms with Gasteiger partial charge in [0.25, 0.3) is 5.91 Å². The van der Waals surface area contributed by atoms with Crippen LogP contribution in [0.25, 0.3) is 28.0 Å². The standard InChI is InChI=1S/C27H20BrF2N5O2/c28-18-3-7-20(8-4-18)35-13-21(26(33-35)16-1-5-19(29)6-2-16)27-34(25(36)14-37-27)10-9-17-11-23-24(12-22(17)30)32-15-31-23/h1-8,11-13,15,27H,9-10,14H2,(H,31,32). The van der Waals surface area contributed by atoms with Crippen LogP contribution < -0.4 is 0 Å². The smallest absolute Gasteiger partial charge is 0.250 e.